The number of hydrogen-bond donors (Lipinski definition) is 5. The molecule has 4 amide bonds. The Bertz CT molecular complexity index is 2540. The number of likely N-dealkylation sites (tertiary alicyclic amines) is 2. The van der Waals surface area contributed by atoms with E-state index in [1.54, 1.807) is 23.6 Å². The lowest BCUT2D eigenvalue weighted by Crippen LogP contribution is -2.51. The van der Waals surface area contributed by atoms with Crippen LogP contribution in [0.1, 0.15) is 119 Å². The van der Waals surface area contributed by atoms with Gasteiger partial charge in [0.25, 0.3) is 0 Å². The molecular formula is C46H54F3N9O6. The Balaban J connectivity index is 1.09. The summed E-state index contributed by atoms with van der Waals surface area (Å²) in [4.78, 5) is 73.5. The number of amides is 4. The number of benzene rings is 3. The molecule has 64 heavy (non-hydrogen) atoms. The minimum Gasteiger partial charge on any atom is -0.465 e. The van der Waals surface area contributed by atoms with Gasteiger partial charge in [0.2, 0.25) is 11.8 Å². The van der Waals surface area contributed by atoms with Crippen molar-refractivity contribution in [1.29, 1.82) is 0 Å². The van der Waals surface area contributed by atoms with Crippen LogP contribution >= 0.6 is 0 Å². The lowest BCUT2D eigenvalue weighted by molar-refractivity contribution is -0.138. The highest BCUT2D eigenvalue weighted by Gasteiger charge is 2.41. The van der Waals surface area contributed by atoms with Gasteiger partial charge in [-0.05, 0) is 110 Å². The Morgan fingerprint density at radius 2 is 1.17 bits per heavy atom. The normalized spacial score (nSPS) is 21.3. The summed E-state index contributed by atoms with van der Waals surface area (Å²) in [5, 5.41) is 14.5. The number of nitrogens with one attached hydrogen (secondary N) is 4. The number of halogens is 3. The van der Waals surface area contributed by atoms with Crippen molar-refractivity contribution in [2.45, 2.75) is 109 Å². The summed E-state index contributed by atoms with van der Waals surface area (Å²) in [7, 11) is 1.26. The highest BCUT2D eigenvalue weighted by Crippen LogP contribution is 2.48. The summed E-state index contributed by atoms with van der Waals surface area (Å²) in [6.45, 7) is 8.31. The average molecular weight is 886 g/mol. The molecule has 0 aliphatic carbocycles. The van der Waals surface area contributed by atoms with E-state index in [1.165, 1.54) is 19.2 Å². The van der Waals surface area contributed by atoms with Crippen LogP contribution in [-0.4, -0.2) is 91.1 Å². The zero-order valence-electron chi connectivity index (χ0n) is 36.4. The first kappa shape index (κ1) is 44.3. The van der Waals surface area contributed by atoms with Crippen LogP contribution in [-0.2, 0) is 20.5 Å². The van der Waals surface area contributed by atoms with Gasteiger partial charge < -0.3 is 45.1 Å². The molecule has 1 unspecified atom stereocenters. The van der Waals surface area contributed by atoms with Crippen LogP contribution in [0.5, 0.6) is 0 Å². The Kier molecular flexibility index (Phi) is 12.2. The quantitative estimate of drug-likeness (QED) is 0.0866. The fourth-order valence-electron chi connectivity index (χ4n) is 9.80. The average Bonchev–Trinajstić information content (AvgIpc) is 4.11. The standard InChI is InChI=1S/C46H54F3N9O6/c1-24(2)38(54-44(61)62)42(59)56-20-6-8-36(56)40-50-30-16-10-26(22-32(30)52-40)34-18-19-35(58(34)29-14-12-28(13-15-29)46(47,48)49)27-11-17-31-33(23-27)53-41(51-31)37-9-7-21-57(37)43(60)39(25(3)4)55-45(63)64-5/h10-17,22-25,34-39,54H,6-9,18-21H2,1-5H3,(H,50,52)(H,51,53)(H,55,63)(H,61,62)/t34-,35-,36+,37?,38+,39+/m1/s1. The number of aromatic nitrogens is 4. The molecule has 0 radical (unpaired) electrons. The molecule has 340 valence electrons. The minimum absolute atomic E-state index is 0.179. The van der Waals surface area contributed by atoms with Gasteiger partial charge >= 0.3 is 18.4 Å². The molecule has 2 aromatic heterocycles. The zero-order chi connectivity index (χ0) is 45.6. The van der Waals surface area contributed by atoms with E-state index in [-0.39, 0.29) is 47.8 Å². The third-order valence-corrected chi connectivity index (χ3v) is 13.0. The predicted octanol–water partition coefficient (Wildman–Crippen LogP) is 8.54. The van der Waals surface area contributed by atoms with Crippen LogP contribution in [0.15, 0.2) is 60.7 Å². The molecule has 5 aromatic rings. The molecule has 0 bridgehead atoms. The molecule has 15 nitrogen and oxygen atoms in total. The van der Waals surface area contributed by atoms with E-state index < -0.39 is 36.0 Å². The fraction of sp³-hybridized carbons (Fsp3) is 0.478. The van der Waals surface area contributed by atoms with E-state index in [9.17, 15) is 37.5 Å². The van der Waals surface area contributed by atoms with Gasteiger partial charge in [-0.1, -0.05) is 39.8 Å². The number of aromatic amines is 2. The van der Waals surface area contributed by atoms with Gasteiger partial charge in [0.15, 0.2) is 0 Å². The number of hydrogen-bond acceptors (Lipinski definition) is 8. The minimum atomic E-state index is -4.50. The molecule has 3 fully saturated rings. The third kappa shape index (κ3) is 8.65. The van der Waals surface area contributed by atoms with E-state index in [1.807, 2.05) is 50.2 Å². The number of carbonyl (C=O) groups excluding carboxylic acids is 3. The number of alkyl carbamates (subject to hydrolysis) is 1. The van der Waals surface area contributed by atoms with Gasteiger partial charge in [-0.15, -0.1) is 0 Å². The number of ether oxygens (including phenoxy) is 1. The van der Waals surface area contributed by atoms with Crippen molar-refractivity contribution in [3.63, 3.8) is 0 Å². The number of carbonyl (C=O) groups is 4. The van der Waals surface area contributed by atoms with Crippen molar-refractivity contribution in [3.8, 4) is 0 Å². The van der Waals surface area contributed by atoms with Crippen molar-refractivity contribution >= 4 is 51.8 Å². The summed E-state index contributed by atoms with van der Waals surface area (Å²) >= 11 is 0. The number of anilines is 1. The Labute approximate surface area is 368 Å². The Morgan fingerprint density at radius 3 is 1.59 bits per heavy atom. The summed E-state index contributed by atoms with van der Waals surface area (Å²) in [6, 6.07) is 14.3. The molecule has 18 heteroatoms. The number of nitrogens with zero attached hydrogens (tertiary/aromatic N) is 5. The Hall–Kier alpha value is -6.33. The van der Waals surface area contributed by atoms with Crippen molar-refractivity contribution in [2.24, 2.45) is 11.8 Å². The highest BCUT2D eigenvalue weighted by molar-refractivity contribution is 5.87. The second-order valence-corrected chi connectivity index (χ2v) is 17.8. The number of alkyl halides is 3. The number of carboxylic acid groups (broad SMARTS) is 1. The molecule has 0 spiro atoms. The summed E-state index contributed by atoms with van der Waals surface area (Å²) in [6.07, 6.45) is -2.21. The topological polar surface area (TPSA) is 189 Å². The maximum Gasteiger partial charge on any atom is 0.416 e. The molecule has 6 atom stereocenters. The van der Waals surface area contributed by atoms with Crippen molar-refractivity contribution in [3.05, 3.63) is 89.0 Å². The first-order valence-electron chi connectivity index (χ1n) is 21.9. The van der Waals surface area contributed by atoms with E-state index >= 15 is 0 Å². The maximum atomic E-state index is 13.8. The van der Waals surface area contributed by atoms with Crippen LogP contribution in [0.3, 0.4) is 0 Å². The number of methoxy groups -OCH3 is 1. The molecule has 5 N–H and O–H groups in total. The van der Waals surface area contributed by atoms with Crippen molar-refractivity contribution in [1.82, 2.24) is 40.4 Å². The molecule has 3 aliphatic rings. The van der Waals surface area contributed by atoms with E-state index in [0.717, 1.165) is 47.1 Å². The molecule has 3 saturated heterocycles. The van der Waals surface area contributed by atoms with Gasteiger partial charge in [-0.2, -0.15) is 13.2 Å². The second kappa shape index (κ2) is 17.7. The lowest BCUT2D eigenvalue weighted by Gasteiger charge is -2.33. The smallest absolute Gasteiger partial charge is 0.416 e. The summed E-state index contributed by atoms with van der Waals surface area (Å²) < 4.78 is 46.1. The molecule has 3 aliphatic heterocycles. The number of fused-ring (bicyclic) bond motifs is 2. The molecule has 0 saturated carbocycles. The number of imidazole rings is 2. The van der Waals surface area contributed by atoms with Crippen molar-refractivity contribution < 1.29 is 42.2 Å². The van der Waals surface area contributed by atoms with Gasteiger partial charge in [0, 0.05) is 18.8 Å². The van der Waals surface area contributed by atoms with Crippen LogP contribution in [0, 0.1) is 11.8 Å². The largest absolute Gasteiger partial charge is 0.465 e. The number of H-pyrrole nitrogens is 2. The van der Waals surface area contributed by atoms with Gasteiger partial charge in [0.05, 0.1) is 58.9 Å². The van der Waals surface area contributed by atoms with Gasteiger partial charge in [0.1, 0.15) is 23.7 Å². The van der Waals surface area contributed by atoms with Crippen LogP contribution < -0.4 is 15.5 Å². The van der Waals surface area contributed by atoms with Crippen LogP contribution in [0.25, 0.3) is 22.1 Å². The maximum absolute atomic E-state index is 13.8. The second-order valence-electron chi connectivity index (χ2n) is 17.8. The number of rotatable bonds is 11. The van der Waals surface area contributed by atoms with Crippen LogP contribution in [0.4, 0.5) is 28.4 Å². The summed E-state index contributed by atoms with van der Waals surface area (Å²) in [5.41, 5.74) is 4.66. The van der Waals surface area contributed by atoms with Crippen LogP contribution in [0.2, 0.25) is 0 Å². The first-order chi connectivity index (χ1) is 30.5. The first-order valence-corrected chi connectivity index (χ1v) is 21.9. The molecule has 8 rings (SSSR count). The molecular weight excluding hydrogens is 832 g/mol. The third-order valence-electron chi connectivity index (χ3n) is 13.0. The van der Waals surface area contributed by atoms with Gasteiger partial charge in [-0.3, -0.25) is 9.59 Å². The van der Waals surface area contributed by atoms with E-state index in [2.05, 4.69) is 25.5 Å². The van der Waals surface area contributed by atoms with Gasteiger partial charge in [-0.25, -0.2) is 19.6 Å². The fourth-order valence-corrected chi connectivity index (χ4v) is 9.80. The molecule has 5 heterocycles. The summed E-state index contributed by atoms with van der Waals surface area (Å²) in [5.74, 6) is 0.297. The SMILES string of the molecule is COC(=O)N[C@H](C(=O)N1CCCC1c1nc2cc([C@H]3CC[C@H](c4ccc5[nH]c([C@@H]6CCCN6C(=O)[C@@H](NC(=O)O)C(C)C)nc5c4)N3c3ccc(C(F)(F)F)cc3)ccc2[nH]1)C(C)C. The highest BCUT2D eigenvalue weighted by atomic mass is 19.4. The lowest BCUT2D eigenvalue weighted by atomic mass is 10.0. The predicted molar refractivity (Wildman–Crippen MR) is 232 cm³/mol. The van der Waals surface area contributed by atoms with Crippen molar-refractivity contribution in [2.75, 3.05) is 25.1 Å². The zero-order valence-corrected chi connectivity index (χ0v) is 36.4. The Morgan fingerprint density at radius 1 is 0.703 bits per heavy atom. The molecule has 3 aromatic carbocycles. The monoisotopic (exact) mass is 885 g/mol. The van der Waals surface area contributed by atoms with E-state index in [0.29, 0.717) is 67.1 Å². The van der Waals surface area contributed by atoms with E-state index in [4.69, 9.17) is 14.7 Å².